The van der Waals surface area contributed by atoms with Gasteiger partial charge >= 0.3 is 0 Å². The Morgan fingerprint density at radius 1 is 1.33 bits per heavy atom. The van der Waals surface area contributed by atoms with Crippen LogP contribution in [0.5, 0.6) is 0 Å². The highest BCUT2D eigenvalue weighted by molar-refractivity contribution is 7.22. The standard InChI is InChI=1S/C13H14N4S/c1-9-10(8-15-17(9)2)7-14-13-16-11-5-3-4-6-12(11)18-13/h3-6,8H,7H2,1-2H3,(H,14,16). The molecule has 1 aromatic carbocycles. The third kappa shape index (κ3) is 1.97. The number of fused-ring (bicyclic) bond motifs is 1. The van der Waals surface area contributed by atoms with Gasteiger partial charge in [-0.1, -0.05) is 23.5 Å². The van der Waals surface area contributed by atoms with Crippen LogP contribution in [0.1, 0.15) is 11.3 Å². The smallest absolute Gasteiger partial charge is 0.184 e. The molecule has 0 spiro atoms. The van der Waals surface area contributed by atoms with E-state index in [9.17, 15) is 0 Å². The molecule has 0 unspecified atom stereocenters. The molecule has 0 bridgehead atoms. The van der Waals surface area contributed by atoms with Crippen LogP contribution in [0.2, 0.25) is 0 Å². The summed E-state index contributed by atoms with van der Waals surface area (Å²) in [5, 5.41) is 8.55. The van der Waals surface area contributed by atoms with Crippen molar-refractivity contribution in [2.45, 2.75) is 13.5 Å². The van der Waals surface area contributed by atoms with Gasteiger partial charge in [0.25, 0.3) is 0 Å². The molecule has 18 heavy (non-hydrogen) atoms. The summed E-state index contributed by atoms with van der Waals surface area (Å²) in [6.45, 7) is 2.84. The van der Waals surface area contributed by atoms with Crippen LogP contribution in [0.4, 0.5) is 5.13 Å². The Morgan fingerprint density at radius 2 is 2.17 bits per heavy atom. The lowest BCUT2D eigenvalue weighted by Gasteiger charge is -2.01. The molecular weight excluding hydrogens is 244 g/mol. The first-order valence-electron chi connectivity index (χ1n) is 5.81. The summed E-state index contributed by atoms with van der Waals surface area (Å²) in [4.78, 5) is 4.54. The van der Waals surface area contributed by atoms with Crippen LogP contribution >= 0.6 is 11.3 Å². The summed E-state index contributed by atoms with van der Waals surface area (Å²) >= 11 is 1.68. The molecule has 0 amide bonds. The molecule has 3 rings (SSSR count). The zero-order chi connectivity index (χ0) is 12.5. The van der Waals surface area contributed by atoms with Gasteiger partial charge in [-0.25, -0.2) is 4.98 Å². The molecule has 3 aromatic rings. The molecule has 0 radical (unpaired) electrons. The summed E-state index contributed by atoms with van der Waals surface area (Å²) in [6, 6.07) is 8.17. The van der Waals surface area contributed by atoms with Crippen molar-refractivity contribution in [2.24, 2.45) is 7.05 Å². The first kappa shape index (κ1) is 11.2. The van der Waals surface area contributed by atoms with E-state index in [0.29, 0.717) is 0 Å². The molecule has 92 valence electrons. The Hall–Kier alpha value is -1.88. The number of benzene rings is 1. The average molecular weight is 258 g/mol. The maximum atomic E-state index is 4.54. The van der Waals surface area contributed by atoms with Gasteiger partial charge in [-0.15, -0.1) is 0 Å². The Kier molecular flexibility index (Phi) is 2.76. The van der Waals surface area contributed by atoms with Crippen LogP contribution in [0.3, 0.4) is 0 Å². The molecule has 0 aliphatic carbocycles. The summed E-state index contributed by atoms with van der Waals surface area (Å²) in [5.41, 5.74) is 3.44. The van der Waals surface area contributed by atoms with E-state index < -0.39 is 0 Å². The van der Waals surface area contributed by atoms with Crippen molar-refractivity contribution in [2.75, 3.05) is 5.32 Å². The average Bonchev–Trinajstić information content (AvgIpc) is 2.92. The van der Waals surface area contributed by atoms with Crippen molar-refractivity contribution in [3.05, 3.63) is 41.7 Å². The molecule has 0 aliphatic heterocycles. The second kappa shape index (κ2) is 4.42. The summed E-state index contributed by atoms with van der Waals surface area (Å²) in [6.07, 6.45) is 1.90. The van der Waals surface area contributed by atoms with Crippen LogP contribution in [-0.2, 0) is 13.6 Å². The number of hydrogen-bond acceptors (Lipinski definition) is 4. The minimum atomic E-state index is 0.763. The summed E-state index contributed by atoms with van der Waals surface area (Å²) in [5.74, 6) is 0. The largest absolute Gasteiger partial charge is 0.357 e. The van der Waals surface area contributed by atoms with E-state index in [0.717, 1.165) is 17.2 Å². The number of rotatable bonds is 3. The quantitative estimate of drug-likeness (QED) is 0.785. The third-order valence-corrected chi connectivity index (χ3v) is 4.05. The molecule has 5 heteroatoms. The summed E-state index contributed by atoms with van der Waals surface area (Å²) < 4.78 is 3.10. The van der Waals surface area contributed by atoms with Crippen molar-refractivity contribution in [1.82, 2.24) is 14.8 Å². The predicted octanol–water partition coefficient (Wildman–Crippen LogP) is 2.95. The van der Waals surface area contributed by atoms with Gasteiger partial charge < -0.3 is 5.32 Å². The molecule has 1 N–H and O–H groups in total. The van der Waals surface area contributed by atoms with Gasteiger partial charge in [-0.3, -0.25) is 4.68 Å². The second-order valence-electron chi connectivity index (χ2n) is 4.22. The number of nitrogens with zero attached hydrogens (tertiary/aromatic N) is 3. The number of para-hydroxylation sites is 1. The number of nitrogens with one attached hydrogen (secondary N) is 1. The number of aryl methyl sites for hydroxylation is 1. The first-order chi connectivity index (χ1) is 8.74. The highest BCUT2D eigenvalue weighted by Gasteiger charge is 2.06. The highest BCUT2D eigenvalue weighted by atomic mass is 32.1. The minimum absolute atomic E-state index is 0.763. The minimum Gasteiger partial charge on any atom is -0.357 e. The molecule has 0 saturated heterocycles. The predicted molar refractivity (Wildman–Crippen MR) is 74.9 cm³/mol. The van der Waals surface area contributed by atoms with Crippen molar-refractivity contribution in [3.8, 4) is 0 Å². The van der Waals surface area contributed by atoms with Crippen LogP contribution in [0.15, 0.2) is 30.5 Å². The van der Waals surface area contributed by atoms with Gasteiger partial charge in [0, 0.05) is 24.8 Å². The Labute approximate surface area is 109 Å². The van der Waals surface area contributed by atoms with Crippen molar-refractivity contribution in [3.63, 3.8) is 0 Å². The summed E-state index contributed by atoms with van der Waals surface area (Å²) in [7, 11) is 1.95. The van der Waals surface area contributed by atoms with Gasteiger partial charge in [-0.2, -0.15) is 5.10 Å². The van der Waals surface area contributed by atoms with Gasteiger partial charge in [0.15, 0.2) is 5.13 Å². The monoisotopic (exact) mass is 258 g/mol. The van der Waals surface area contributed by atoms with Crippen molar-refractivity contribution < 1.29 is 0 Å². The van der Waals surface area contributed by atoms with Crippen LogP contribution in [0.25, 0.3) is 10.2 Å². The first-order valence-corrected chi connectivity index (χ1v) is 6.62. The number of aromatic nitrogens is 3. The second-order valence-corrected chi connectivity index (χ2v) is 5.25. The maximum absolute atomic E-state index is 4.54. The van der Waals surface area contributed by atoms with Crippen LogP contribution in [0, 0.1) is 6.92 Å². The number of hydrogen-bond donors (Lipinski definition) is 1. The third-order valence-electron chi connectivity index (χ3n) is 3.06. The lowest BCUT2D eigenvalue weighted by atomic mass is 10.2. The zero-order valence-electron chi connectivity index (χ0n) is 10.3. The SMILES string of the molecule is Cc1c(CNc2nc3ccccc3s2)cnn1C. The van der Waals surface area contributed by atoms with Gasteiger partial charge in [-0.05, 0) is 19.1 Å². The molecular formula is C13H14N4S. The van der Waals surface area contributed by atoms with Crippen LogP contribution < -0.4 is 5.32 Å². The van der Waals surface area contributed by atoms with Gasteiger partial charge in [0.1, 0.15) is 0 Å². The molecule has 0 fully saturated rings. The van der Waals surface area contributed by atoms with E-state index in [2.05, 4.69) is 28.4 Å². The van der Waals surface area contributed by atoms with E-state index in [1.165, 1.54) is 16.0 Å². The van der Waals surface area contributed by atoms with E-state index in [1.54, 1.807) is 11.3 Å². The molecule has 2 aromatic heterocycles. The van der Waals surface area contributed by atoms with E-state index in [1.807, 2.05) is 36.1 Å². The van der Waals surface area contributed by atoms with Crippen molar-refractivity contribution in [1.29, 1.82) is 0 Å². The van der Waals surface area contributed by atoms with E-state index >= 15 is 0 Å². The molecule has 0 atom stereocenters. The normalized spacial score (nSPS) is 11.0. The topological polar surface area (TPSA) is 42.7 Å². The number of thiazole rings is 1. The van der Waals surface area contributed by atoms with E-state index in [-0.39, 0.29) is 0 Å². The fraction of sp³-hybridized carbons (Fsp3) is 0.231. The van der Waals surface area contributed by atoms with Crippen molar-refractivity contribution >= 4 is 26.7 Å². The Balaban J connectivity index is 1.79. The van der Waals surface area contributed by atoms with E-state index in [4.69, 9.17) is 0 Å². The fourth-order valence-electron chi connectivity index (χ4n) is 1.84. The number of anilines is 1. The Morgan fingerprint density at radius 3 is 2.89 bits per heavy atom. The Bertz CT molecular complexity index is 650. The van der Waals surface area contributed by atoms with Gasteiger partial charge in [0.05, 0.1) is 16.4 Å². The molecule has 4 nitrogen and oxygen atoms in total. The van der Waals surface area contributed by atoms with Gasteiger partial charge in [0.2, 0.25) is 0 Å². The maximum Gasteiger partial charge on any atom is 0.184 e. The van der Waals surface area contributed by atoms with Crippen LogP contribution in [-0.4, -0.2) is 14.8 Å². The highest BCUT2D eigenvalue weighted by Crippen LogP contribution is 2.25. The molecule has 0 saturated carbocycles. The molecule has 0 aliphatic rings. The molecule has 2 heterocycles. The lowest BCUT2D eigenvalue weighted by Crippen LogP contribution is -2.00. The lowest BCUT2D eigenvalue weighted by molar-refractivity contribution is 0.738. The fourth-order valence-corrected chi connectivity index (χ4v) is 2.70. The zero-order valence-corrected chi connectivity index (χ0v) is 11.2.